The quantitative estimate of drug-likeness (QED) is 0.592. The summed E-state index contributed by atoms with van der Waals surface area (Å²) in [6, 6.07) is 5.77. The molecule has 0 radical (unpaired) electrons. The molecule has 0 bridgehead atoms. The predicted molar refractivity (Wildman–Crippen MR) is 122 cm³/mol. The van der Waals surface area contributed by atoms with Crippen molar-refractivity contribution in [3.05, 3.63) is 35.0 Å². The second-order valence-electron chi connectivity index (χ2n) is 8.45. The van der Waals surface area contributed by atoms with Gasteiger partial charge in [-0.25, -0.2) is 9.98 Å². The van der Waals surface area contributed by atoms with Gasteiger partial charge < -0.3 is 5.32 Å². The molecule has 4 rings (SSSR count). The molecule has 1 saturated carbocycles. The fourth-order valence-electron chi connectivity index (χ4n) is 4.24. The number of benzene rings is 1. The number of carbonyl (C=O) groups excluding carboxylic acids is 1. The van der Waals surface area contributed by atoms with Gasteiger partial charge in [-0.1, -0.05) is 6.07 Å². The van der Waals surface area contributed by atoms with Crippen LogP contribution in [0.2, 0.25) is 0 Å². The average Bonchev–Trinajstić information content (AvgIpc) is 3.23. The first-order valence-electron chi connectivity index (χ1n) is 10.7. The van der Waals surface area contributed by atoms with Crippen molar-refractivity contribution in [1.82, 2.24) is 4.98 Å². The number of nitrogens with zero attached hydrogens (tertiary/aromatic N) is 3. The van der Waals surface area contributed by atoms with Crippen LogP contribution in [0.25, 0.3) is 10.4 Å². The number of anilines is 1. The molecule has 1 aromatic heterocycles. The molecule has 5 nitrogen and oxygen atoms in total. The van der Waals surface area contributed by atoms with E-state index in [-0.39, 0.29) is 30.6 Å². The molecule has 0 unspecified atom stereocenters. The van der Waals surface area contributed by atoms with Crippen LogP contribution in [0.5, 0.6) is 0 Å². The Kier molecular flexibility index (Phi) is 6.46. The number of aliphatic imine (C=N–C) groups is 2. The van der Waals surface area contributed by atoms with E-state index in [0.717, 1.165) is 46.7 Å². The Labute approximate surface area is 188 Å². The zero-order chi connectivity index (χ0) is 22.9. The molecular weight excluding hydrogens is 437 g/mol. The highest BCUT2D eigenvalue weighted by Gasteiger charge is 2.36. The molecule has 2 heterocycles. The molecule has 1 aromatic carbocycles. The van der Waals surface area contributed by atoms with Gasteiger partial charge >= 0.3 is 6.18 Å². The number of halogens is 3. The Morgan fingerprint density at radius 2 is 1.91 bits per heavy atom. The molecule has 1 aliphatic heterocycles. The first-order chi connectivity index (χ1) is 15.2. The van der Waals surface area contributed by atoms with Crippen LogP contribution >= 0.6 is 11.3 Å². The smallest absolute Gasteiger partial charge is 0.324 e. The maximum Gasteiger partial charge on any atom is 0.429 e. The largest absolute Gasteiger partial charge is 0.429 e. The normalized spacial score (nSPS) is 21.7. The highest BCUT2D eigenvalue weighted by Crippen LogP contribution is 2.40. The maximum atomic E-state index is 13.0. The minimum absolute atomic E-state index is 0.0210. The zero-order valence-electron chi connectivity index (χ0n) is 18.0. The summed E-state index contributed by atoms with van der Waals surface area (Å²) in [5.41, 5.74) is 1.75. The van der Waals surface area contributed by atoms with Crippen LogP contribution < -0.4 is 5.32 Å². The molecular formula is C23H25F3N4OS. The lowest BCUT2D eigenvalue weighted by atomic mass is 9.81. The minimum atomic E-state index is -4.44. The topological polar surface area (TPSA) is 66.7 Å². The third kappa shape index (κ3) is 5.26. The van der Waals surface area contributed by atoms with Crippen LogP contribution in [0.4, 0.5) is 18.9 Å². The van der Waals surface area contributed by atoms with Gasteiger partial charge in [0, 0.05) is 36.7 Å². The van der Waals surface area contributed by atoms with E-state index < -0.39 is 11.9 Å². The Hall–Kier alpha value is -2.55. The van der Waals surface area contributed by atoms with Gasteiger partial charge in [-0.3, -0.25) is 9.79 Å². The van der Waals surface area contributed by atoms with E-state index in [9.17, 15) is 18.0 Å². The van der Waals surface area contributed by atoms with Crippen LogP contribution in [0.3, 0.4) is 0 Å². The standard InChI is InChI=1S/C23H25F3N4OS/c1-13-9-17(11-18(10-13)29-22-27-8-7-20(30-22)23(24,25)26)19-12-28-21(32-19)16-5-3-15(4-6-16)14(2)31/h9-12,15-16H,3-8H2,1-2H3,(H,27,29). The highest BCUT2D eigenvalue weighted by atomic mass is 32.1. The minimum Gasteiger partial charge on any atom is -0.324 e. The van der Waals surface area contributed by atoms with Crippen LogP contribution in [0, 0.1) is 12.8 Å². The summed E-state index contributed by atoms with van der Waals surface area (Å²) >= 11 is 1.64. The van der Waals surface area contributed by atoms with Gasteiger partial charge in [0.05, 0.1) is 9.88 Å². The number of aromatic nitrogens is 1. The van der Waals surface area contributed by atoms with Gasteiger partial charge in [0.25, 0.3) is 0 Å². The molecule has 9 heteroatoms. The fraction of sp³-hybridized carbons (Fsp3) is 0.478. The first kappa shape index (κ1) is 22.6. The summed E-state index contributed by atoms with van der Waals surface area (Å²) in [6.45, 7) is 3.67. The molecule has 0 saturated heterocycles. The summed E-state index contributed by atoms with van der Waals surface area (Å²) in [6.07, 6.45) is 0.975. The van der Waals surface area contributed by atoms with E-state index in [2.05, 4.69) is 20.3 Å². The maximum absolute atomic E-state index is 13.0. The molecule has 32 heavy (non-hydrogen) atoms. The molecule has 2 aromatic rings. The van der Waals surface area contributed by atoms with E-state index in [1.165, 1.54) is 0 Å². The number of hydrogen-bond donors (Lipinski definition) is 1. The molecule has 1 N–H and O–H groups in total. The van der Waals surface area contributed by atoms with Crippen molar-refractivity contribution >= 4 is 34.5 Å². The van der Waals surface area contributed by atoms with Gasteiger partial charge in [-0.15, -0.1) is 11.3 Å². The average molecular weight is 463 g/mol. The van der Waals surface area contributed by atoms with E-state index in [1.807, 2.05) is 31.3 Å². The number of carbonyl (C=O) groups is 1. The molecule has 170 valence electrons. The van der Waals surface area contributed by atoms with Crippen molar-refractivity contribution in [1.29, 1.82) is 0 Å². The monoisotopic (exact) mass is 462 g/mol. The van der Waals surface area contributed by atoms with Crippen LogP contribution in [-0.4, -0.2) is 35.2 Å². The molecule has 1 aliphatic carbocycles. The lowest BCUT2D eigenvalue weighted by Crippen LogP contribution is -2.29. The number of aryl methyl sites for hydroxylation is 1. The van der Waals surface area contributed by atoms with E-state index in [4.69, 9.17) is 0 Å². The summed E-state index contributed by atoms with van der Waals surface area (Å²) in [5.74, 6) is 0.808. The summed E-state index contributed by atoms with van der Waals surface area (Å²) in [7, 11) is 0. The van der Waals surface area contributed by atoms with Gasteiger partial charge in [0.1, 0.15) is 11.5 Å². The van der Waals surface area contributed by atoms with Crippen molar-refractivity contribution in [2.24, 2.45) is 15.9 Å². The number of Topliss-reactive ketones (excluding diaryl/α,β-unsaturated/α-hetero) is 1. The Bertz CT molecular complexity index is 1070. The third-order valence-electron chi connectivity index (χ3n) is 5.97. The number of rotatable bonds is 4. The fourth-order valence-corrected chi connectivity index (χ4v) is 5.32. The second-order valence-corrected chi connectivity index (χ2v) is 9.51. The molecule has 0 amide bonds. The lowest BCUT2D eigenvalue weighted by Gasteiger charge is -2.25. The molecule has 1 fully saturated rings. The molecule has 2 aliphatic rings. The number of guanidine groups is 1. The summed E-state index contributed by atoms with van der Waals surface area (Å²) in [5, 5.41) is 4.01. The number of thiazole rings is 1. The van der Waals surface area contributed by atoms with Crippen LogP contribution in [0.1, 0.15) is 55.5 Å². The van der Waals surface area contributed by atoms with Crippen molar-refractivity contribution in [3.63, 3.8) is 0 Å². The van der Waals surface area contributed by atoms with Crippen molar-refractivity contribution < 1.29 is 18.0 Å². The van der Waals surface area contributed by atoms with E-state index >= 15 is 0 Å². The Morgan fingerprint density at radius 3 is 2.59 bits per heavy atom. The first-order valence-corrected chi connectivity index (χ1v) is 11.5. The molecule has 0 atom stereocenters. The van der Waals surface area contributed by atoms with Gasteiger partial charge in [0.2, 0.25) is 5.96 Å². The Morgan fingerprint density at radius 1 is 1.16 bits per heavy atom. The van der Waals surface area contributed by atoms with E-state index in [0.29, 0.717) is 11.6 Å². The van der Waals surface area contributed by atoms with Crippen molar-refractivity contribution in [2.45, 2.75) is 58.0 Å². The van der Waals surface area contributed by atoms with Crippen LogP contribution in [-0.2, 0) is 4.79 Å². The van der Waals surface area contributed by atoms with Gasteiger partial charge in [-0.05, 0) is 62.8 Å². The third-order valence-corrected chi connectivity index (χ3v) is 7.18. The number of alkyl halides is 3. The SMILES string of the molecule is CC(=O)C1CCC(c2ncc(-c3cc(C)cc(NC4=NCCC(C(F)(F)F)=N4)c3)s2)CC1. The number of nitrogens with one attached hydrogen (secondary N) is 1. The summed E-state index contributed by atoms with van der Waals surface area (Å²) < 4.78 is 39.0. The number of ketones is 1. The van der Waals surface area contributed by atoms with Crippen molar-refractivity contribution in [3.8, 4) is 10.4 Å². The van der Waals surface area contributed by atoms with E-state index in [1.54, 1.807) is 18.3 Å². The second kappa shape index (κ2) is 9.13. The zero-order valence-corrected chi connectivity index (χ0v) is 18.8. The lowest BCUT2D eigenvalue weighted by molar-refractivity contribution is -0.121. The Balaban J connectivity index is 1.50. The summed E-state index contributed by atoms with van der Waals surface area (Å²) in [4.78, 5) is 25.0. The van der Waals surface area contributed by atoms with Crippen LogP contribution in [0.15, 0.2) is 34.4 Å². The van der Waals surface area contributed by atoms with Crippen molar-refractivity contribution in [2.75, 3.05) is 11.9 Å². The van der Waals surface area contributed by atoms with Gasteiger partial charge in [-0.2, -0.15) is 13.2 Å². The molecule has 0 spiro atoms. The number of hydrogen-bond acceptors (Lipinski definition) is 6. The predicted octanol–water partition coefficient (Wildman–Crippen LogP) is 6.16. The highest BCUT2D eigenvalue weighted by molar-refractivity contribution is 7.15. The van der Waals surface area contributed by atoms with Gasteiger partial charge in [0.15, 0.2) is 0 Å².